The number of rotatable bonds is 4. The van der Waals surface area contributed by atoms with E-state index in [0.717, 1.165) is 0 Å². The van der Waals surface area contributed by atoms with Gasteiger partial charge in [-0.25, -0.2) is 14.4 Å². The fourth-order valence-electron chi connectivity index (χ4n) is 6.00. The van der Waals surface area contributed by atoms with Crippen LogP contribution in [0.25, 0.3) is 11.1 Å². The summed E-state index contributed by atoms with van der Waals surface area (Å²) in [6, 6.07) is 16.3. The molecule has 0 bridgehead atoms. The summed E-state index contributed by atoms with van der Waals surface area (Å²) in [5.74, 6) is 0.0147. The van der Waals surface area contributed by atoms with Gasteiger partial charge in [-0.05, 0) is 55.9 Å². The zero-order valence-corrected chi connectivity index (χ0v) is 24.1. The number of likely N-dealkylation sites (N-methyl/N-ethyl adjacent to an activating group) is 2. The monoisotopic (exact) mass is 548 g/mol. The predicted molar refractivity (Wildman–Crippen MR) is 152 cm³/mol. The molecule has 3 aliphatic rings. The summed E-state index contributed by atoms with van der Waals surface area (Å²) in [6.07, 6.45) is 0.674. The third-order valence-electron chi connectivity index (χ3n) is 8.27. The number of benzene rings is 2. The van der Waals surface area contributed by atoms with E-state index in [2.05, 4.69) is 24.3 Å². The molecule has 4 amide bonds. The number of carbonyl (C=O) groups excluding carboxylic acids is 3. The van der Waals surface area contributed by atoms with Crippen LogP contribution in [0.2, 0.25) is 0 Å². The summed E-state index contributed by atoms with van der Waals surface area (Å²) in [4.78, 5) is 45.6. The Kier molecular flexibility index (Phi) is 7.66. The predicted octanol–water partition coefficient (Wildman–Crippen LogP) is 5.00. The van der Waals surface area contributed by atoms with Gasteiger partial charge in [0, 0.05) is 46.2 Å². The molecule has 0 spiro atoms. The molecule has 2 aromatic rings. The average Bonchev–Trinajstić information content (AvgIpc) is 3.68. The van der Waals surface area contributed by atoms with Gasteiger partial charge >= 0.3 is 18.2 Å². The van der Waals surface area contributed by atoms with E-state index in [0.29, 0.717) is 39.0 Å². The number of hydrogen-bond acceptors (Lipinski definition) is 5. The van der Waals surface area contributed by atoms with Crippen molar-refractivity contribution in [1.82, 2.24) is 19.6 Å². The molecule has 0 saturated carbocycles. The molecule has 1 aliphatic carbocycles. The second-order valence-corrected chi connectivity index (χ2v) is 12.1. The normalized spacial score (nSPS) is 20.2. The van der Waals surface area contributed by atoms with Crippen molar-refractivity contribution in [3.05, 3.63) is 59.7 Å². The first kappa shape index (κ1) is 27.8. The Balaban J connectivity index is 1.12. The van der Waals surface area contributed by atoms with Gasteiger partial charge in [0.1, 0.15) is 12.2 Å². The van der Waals surface area contributed by atoms with E-state index in [1.807, 2.05) is 45.0 Å². The van der Waals surface area contributed by atoms with Crippen molar-refractivity contribution < 1.29 is 23.9 Å². The van der Waals surface area contributed by atoms with Crippen LogP contribution in [0.3, 0.4) is 0 Å². The van der Waals surface area contributed by atoms with Gasteiger partial charge in [-0.2, -0.15) is 0 Å². The maximum atomic E-state index is 13.3. The lowest BCUT2D eigenvalue weighted by molar-refractivity contribution is 0.0229. The fraction of sp³-hybridized carbons (Fsp3) is 0.516. The van der Waals surface area contributed by atoms with Crippen LogP contribution in [-0.2, 0) is 9.47 Å². The van der Waals surface area contributed by atoms with Crippen molar-refractivity contribution >= 4 is 18.2 Å². The van der Waals surface area contributed by atoms with Crippen LogP contribution in [0.4, 0.5) is 14.4 Å². The summed E-state index contributed by atoms with van der Waals surface area (Å²) < 4.78 is 11.3. The molecule has 0 N–H and O–H groups in total. The number of carbonyl (C=O) groups is 3. The molecule has 0 unspecified atom stereocenters. The zero-order chi connectivity index (χ0) is 28.6. The molecule has 9 heteroatoms. The van der Waals surface area contributed by atoms with E-state index in [4.69, 9.17) is 9.47 Å². The van der Waals surface area contributed by atoms with Crippen molar-refractivity contribution in [2.24, 2.45) is 0 Å². The summed E-state index contributed by atoms with van der Waals surface area (Å²) in [5, 5.41) is 0. The Hall–Kier alpha value is -3.75. The lowest BCUT2D eigenvalue weighted by Gasteiger charge is -2.31. The molecule has 2 heterocycles. The van der Waals surface area contributed by atoms with Crippen molar-refractivity contribution in [2.75, 3.05) is 46.9 Å². The summed E-state index contributed by atoms with van der Waals surface area (Å²) in [6.45, 7) is 7.81. The minimum Gasteiger partial charge on any atom is -0.448 e. The number of amides is 4. The lowest BCUT2D eigenvalue weighted by atomic mass is 9.98. The molecule has 0 radical (unpaired) electrons. The number of fused-ring (bicyclic) bond motifs is 3. The van der Waals surface area contributed by atoms with Crippen molar-refractivity contribution in [2.45, 2.75) is 57.2 Å². The Labute approximate surface area is 236 Å². The number of hydrogen-bond donors (Lipinski definition) is 0. The summed E-state index contributed by atoms with van der Waals surface area (Å²) in [7, 11) is 3.51. The van der Waals surface area contributed by atoms with Gasteiger partial charge in [0.2, 0.25) is 0 Å². The van der Waals surface area contributed by atoms with Gasteiger partial charge in [-0.1, -0.05) is 48.5 Å². The molecule has 9 nitrogen and oxygen atoms in total. The van der Waals surface area contributed by atoms with Gasteiger partial charge in [0.25, 0.3) is 0 Å². The van der Waals surface area contributed by atoms with Gasteiger partial charge in [0.05, 0.1) is 12.1 Å². The maximum Gasteiger partial charge on any atom is 0.410 e. The standard InChI is InChI=1S/C31H40N4O5/c1-31(2,3)40-29(37)33(5)22-14-16-34(18-22)28(36)32(4)21-15-17-35(19-21)30(38)39-20-27-25-12-8-6-10-23(25)24-11-7-9-13-26(24)27/h6-13,21-22,27H,14-20H2,1-5H3/t21-,22+/m1/s1. The van der Waals surface area contributed by atoms with E-state index >= 15 is 0 Å². The van der Waals surface area contributed by atoms with Crippen molar-refractivity contribution in [3.63, 3.8) is 0 Å². The highest BCUT2D eigenvalue weighted by molar-refractivity contribution is 5.79. The van der Waals surface area contributed by atoms with Gasteiger partial charge < -0.3 is 29.1 Å². The Morgan fingerprint density at radius 2 is 1.35 bits per heavy atom. The molecular formula is C31H40N4O5. The van der Waals surface area contributed by atoms with E-state index < -0.39 is 5.60 Å². The topological polar surface area (TPSA) is 82.6 Å². The quantitative estimate of drug-likeness (QED) is 0.537. The van der Waals surface area contributed by atoms with Crippen LogP contribution >= 0.6 is 0 Å². The van der Waals surface area contributed by atoms with E-state index in [1.165, 1.54) is 22.3 Å². The van der Waals surface area contributed by atoms with Gasteiger partial charge in [-0.3, -0.25) is 0 Å². The van der Waals surface area contributed by atoms with Crippen LogP contribution in [-0.4, -0.2) is 102 Å². The highest BCUT2D eigenvalue weighted by Gasteiger charge is 2.38. The van der Waals surface area contributed by atoms with Crippen LogP contribution in [0, 0.1) is 0 Å². The Morgan fingerprint density at radius 3 is 1.95 bits per heavy atom. The maximum absolute atomic E-state index is 13.3. The summed E-state index contributed by atoms with van der Waals surface area (Å²) in [5.41, 5.74) is 4.19. The van der Waals surface area contributed by atoms with Crippen molar-refractivity contribution in [1.29, 1.82) is 0 Å². The molecule has 214 valence electrons. The van der Waals surface area contributed by atoms with E-state index in [1.54, 1.807) is 33.7 Å². The number of ether oxygens (including phenoxy) is 2. The fourth-order valence-corrected chi connectivity index (χ4v) is 6.00. The second-order valence-electron chi connectivity index (χ2n) is 12.1. The smallest absolute Gasteiger partial charge is 0.410 e. The van der Waals surface area contributed by atoms with Crippen LogP contribution in [0.1, 0.15) is 50.7 Å². The van der Waals surface area contributed by atoms with Gasteiger partial charge in [-0.15, -0.1) is 0 Å². The highest BCUT2D eigenvalue weighted by atomic mass is 16.6. The zero-order valence-electron chi connectivity index (χ0n) is 24.1. The minimum absolute atomic E-state index is 0.0147. The van der Waals surface area contributed by atoms with Crippen LogP contribution in [0.5, 0.6) is 0 Å². The first-order valence-corrected chi connectivity index (χ1v) is 14.1. The average molecular weight is 549 g/mol. The SMILES string of the molecule is CN(C(=O)OC(C)(C)C)[C@H]1CCN(C(=O)N(C)[C@@H]2CCN(C(=O)OCC3c4ccccc4-c4ccccc43)C2)C1. The molecule has 5 rings (SSSR count). The first-order valence-electron chi connectivity index (χ1n) is 14.1. The molecule has 2 aliphatic heterocycles. The van der Waals surface area contributed by atoms with Crippen molar-refractivity contribution in [3.8, 4) is 11.1 Å². The number of urea groups is 1. The Bertz CT molecular complexity index is 1230. The second kappa shape index (κ2) is 11.0. The minimum atomic E-state index is -0.568. The molecule has 40 heavy (non-hydrogen) atoms. The Morgan fingerprint density at radius 1 is 0.825 bits per heavy atom. The van der Waals surface area contributed by atoms with Crippen LogP contribution in [0.15, 0.2) is 48.5 Å². The molecule has 2 fully saturated rings. The third-order valence-corrected chi connectivity index (χ3v) is 8.27. The molecular weight excluding hydrogens is 508 g/mol. The third kappa shape index (κ3) is 5.60. The lowest BCUT2D eigenvalue weighted by Crippen LogP contribution is -2.48. The molecule has 2 atom stereocenters. The molecule has 2 aromatic carbocycles. The van der Waals surface area contributed by atoms with E-state index in [-0.39, 0.29) is 42.8 Å². The van der Waals surface area contributed by atoms with Crippen LogP contribution < -0.4 is 0 Å². The number of likely N-dealkylation sites (tertiary alicyclic amines) is 2. The summed E-state index contributed by atoms with van der Waals surface area (Å²) >= 11 is 0. The number of nitrogens with zero attached hydrogens (tertiary/aromatic N) is 4. The first-order chi connectivity index (χ1) is 19.0. The highest BCUT2D eigenvalue weighted by Crippen LogP contribution is 2.44. The van der Waals surface area contributed by atoms with Gasteiger partial charge in [0.15, 0.2) is 0 Å². The van der Waals surface area contributed by atoms with E-state index in [9.17, 15) is 14.4 Å². The largest absolute Gasteiger partial charge is 0.448 e. The molecule has 2 saturated heterocycles. The molecule has 0 aromatic heterocycles.